The second kappa shape index (κ2) is 5.82. The molecule has 1 aliphatic heterocycles. The molecule has 18 heavy (non-hydrogen) atoms. The first-order chi connectivity index (χ1) is 8.69. The first kappa shape index (κ1) is 12.8. The molecule has 1 aliphatic rings. The molecule has 1 aromatic rings. The average Bonchev–Trinajstić information content (AvgIpc) is 2.38. The van der Waals surface area contributed by atoms with E-state index in [0.717, 1.165) is 32.5 Å². The first-order valence-corrected chi connectivity index (χ1v) is 6.29. The van der Waals surface area contributed by atoms with Gasteiger partial charge in [0.15, 0.2) is 0 Å². The van der Waals surface area contributed by atoms with Crippen molar-refractivity contribution >= 4 is 5.84 Å². The van der Waals surface area contributed by atoms with Crippen LogP contribution in [0.15, 0.2) is 23.6 Å². The molecule has 0 aliphatic carbocycles. The van der Waals surface area contributed by atoms with Crippen LogP contribution < -0.4 is 5.73 Å². The summed E-state index contributed by atoms with van der Waals surface area (Å²) >= 11 is 0. The summed E-state index contributed by atoms with van der Waals surface area (Å²) in [4.78, 5) is 6.54. The number of nitrogens with two attached hydrogens (primary N) is 1. The predicted octanol–water partition coefficient (Wildman–Crippen LogP) is 1.35. The van der Waals surface area contributed by atoms with E-state index >= 15 is 0 Å². The van der Waals surface area contributed by atoms with Gasteiger partial charge < -0.3 is 10.9 Å². The third-order valence-corrected chi connectivity index (χ3v) is 3.38. The molecule has 1 atom stereocenters. The first-order valence-electron chi connectivity index (χ1n) is 6.29. The van der Waals surface area contributed by atoms with Gasteiger partial charge in [0.1, 0.15) is 5.84 Å². The number of aryl methyl sites for hydroxylation is 1. The molecule has 0 amide bonds. The van der Waals surface area contributed by atoms with Crippen molar-refractivity contribution in [2.75, 3.05) is 13.1 Å². The summed E-state index contributed by atoms with van der Waals surface area (Å²) in [5.41, 5.74) is 8.08. The number of rotatable bonds is 3. The Hall–Kier alpha value is -1.62. The highest BCUT2D eigenvalue weighted by Crippen LogP contribution is 2.18. The monoisotopic (exact) mass is 248 g/mol. The zero-order chi connectivity index (χ0) is 13.0. The highest BCUT2D eigenvalue weighted by atomic mass is 16.4. The Labute approximate surface area is 107 Å². The van der Waals surface area contributed by atoms with Crippen molar-refractivity contribution in [2.24, 2.45) is 16.8 Å². The largest absolute Gasteiger partial charge is 0.409 e. The van der Waals surface area contributed by atoms with E-state index in [9.17, 15) is 0 Å². The molecule has 1 aromatic heterocycles. The lowest BCUT2D eigenvalue weighted by Gasteiger charge is -2.31. The molecule has 5 heteroatoms. The van der Waals surface area contributed by atoms with E-state index in [1.54, 1.807) is 0 Å². The van der Waals surface area contributed by atoms with E-state index in [1.165, 1.54) is 11.1 Å². The Bertz CT molecular complexity index is 433. The molecule has 2 heterocycles. The van der Waals surface area contributed by atoms with Gasteiger partial charge in [-0.3, -0.25) is 9.88 Å². The lowest BCUT2D eigenvalue weighted by Crippen LogP contribution is -2.40. The number of aromatic nitrogens is 1. The molecule has 1 saturated heterocycles. The van der Waals surface area contributed by atoms with E-state index in [2.05, 4.69) is 21.1 Å². The van der Waals surface area contributed by atoms with Crippen LogP contribution in [0.4, 0.5) is 0 Å². The van der Waals surface area contributed by atoms with Crippen molar-refractivity contribution < 1.29 is 5.21 Å². The lowest BCUT2D eigenvalue weighted by atomic mass is 9.96. The molecule has 2 rings (SSSR count). The summed E-state index contributed by atoms with van der Waals surface area (Å²) < 4.78 is 0. The Morgan fingerprint density at radius 2 is 2.44 bits per heavy atom. The van der Waals surface area contributed by atoms with Crippen LogP contribution in [0, 0.1) is 12.8 Å². The minimum Gasteiger partial charge on any atom is -0.409 e. The van der Waals surface area contributed by atoms with Crippen LogP contribution >= 0.6 is 0 Å². The Balaban J connectivity index is 1.97. The Morgan fingerprint density at radius 3 is 3.17 bits per heavy atom. The molecule has 1 fully saturated rings. The number of likely N-dealkylation sites (tertiary alicyclic amines) is 1. The van der Waals surface area contributed by atoms with Crippen molar-refractivity contribution in [3.8, 4) is 0 Å². The second-order valence-corrected chi connectivity index (χ2v) is 4.97. The van der Waals surface area contributed by atoms with E-state index in [4.69, 9.17) is 10.9 Å². The fourth-order valence-electron chi connectivity index (χ4n) is 2.48. The van der Waals surface area contributed by atoms with Crippen LogP contribution in [0.2, 0.25) is 0 Å². The topological polar surface area (TPSA) is 74.7 Å². The number of oxime groups is 1. The van der Waals surface area contributed by atoms with Crippen LogP contribution in [-0.4, -0.2) is 34.0 Å². The predicted molar refractivity (Wildman–Crippen MR) is 70.4 cm³/mol. The van der Waals surface area contributed by atoms with Crippen LogP contribution in [-0.2, 0) is 6.54 Å². The normalized spacial score (nSPS) is 22.1. The zero-order valence-electron chi connectivity index (χ0n) is 10.7. The maximum absolute atomic E-state index is 8.73. The maximum atomic E-state index is 8.73. The number of piperidine rings is 1. The van der Waals surface area contributed by atoms with E-state index in [-0.39, 0.29) is 5.92 Å². The second-order valence-electron chi connectivity index (χ2n) is 4.97. The van der Waals surface area contributed by atoms with E-state index in [1.807, 2.05) is 19.3 Å². The average molecular weight is 248 g/mol. The molecule has 3 N–H and O–H groups in total. The minimum absolute atomic E-state index is 0.168. The van der Waals surface area contributed by atoms with E-state index in [0.29, 0.717) is 5.84 Å². The van der Waals surface area contributed by atoms with Gasteiger partial charge in [-0.1, -0.05) is 11.2 Å². The van der Waals surface area contributed by atoms with Gasteiger partial charge in [-0.05, 0) is 37.4 Å². The van der Waals surface area contributed by atoms with Crippen molar-refractivity contribution in [1.29, 1.82) is 0 Å². The van der Waals surface area contributed by atoms with Crippen LogP contribution in [0.3, 0.4) is 0 Å². The fourth-order valence-corrected chi connectivity index (χ4v) is 2.48. The van der Waals surface area contributed by atoms with Crippen LogP contribution in [0.1, 0.15) is 24.0 Å². The lowest BCUT2D eigenvalue weighted by molar-refractivity contribution is 0.192. The summed E-state index contributed by atoms with van der Waals surface area (Å²) in [6.45, 7) is 4.84. The smallest absolute Gasteiger partial charge is 0.143 e. The summed E-state index contributed by atoms with van der Waals surface area (Å²) in [5, 5.41) is 11.9. The quantitative estimate of drug-likeness (QED) is 0.366. The molecule has 0 saturated carbocycles. The molecule has 0 radical (unpaired) electrons. The number of pyridine rings is 1. The molecule has 1 unspecified atom stereocenters. The van der Waals surface area contributed by atoms with Gasteiger partial charge in [-0.25, -0.2) is 0 Å². The van der Waals surface area contributed by atoms with Gasteiger partial charge in [0.25, 0.3) is 0 Å². The van der Waals surface area contributed by atoms with Crippen molar-refractivity contribution in [2.45, 2.75) is 26.3 Å². The highest BCUT2D eigenvalue weighted by molar-refractivity contribution is 5.82. The number of amidine groups is 1. The fraction of sp³-hybridized carbons (Fsp3) is 0.538. The number of hydrogen-bond donors (Lipinski definition) is 2. The van der Waals surface area contributed by atoms with Gasteiger partial charge in [0.05, 0.1) is 0 Å². The van der Waals surface area contributed by atoms with Gasteiger partial charge in [-0.2, -0.15) is 0 Å². The third-order valence-electron chi connectivity index (χ3n) is 3.38. The molecule has 5 nitrogen and oxygen atoms in total. The Morgan fingerprint density at radius 1 is 1.61 bits per heavy atom. The van der Waals surface area contributed by atoms with Gasteiger partial charge in [0.2, 0.25) is 0 Å². The molecular weight excluding hydrogens is 228 g/mol. The Kier molecular flexibility index (Phi) is 4.15. The maximum Gasteiger partial charge on any atom is 0.143 e. The molecule has 98 valence electrons. The van der Waals surface area contributed by atoms with Gasteiger partial charge in [0, 0.05) is 31.4 Å². The van der Waals surface area contributed by atoms with Crippen LogP contribution in [0.5, 0.6) is 0 Å². The molecular formula is C13H20N4O. The minimum atomic E-state index is 0.168. The zero-order valence-corrected chi connectivity index (χ0v) is 10.7. The van der Waals surface area contributed by atoms with Crippen LogP contribution in [0.25, 0.3) is 0 Å². The number of hydrogen-bond acceptors (Lipinski definition) is 4. The van der Waals surface area contributed by atoms with Crippen molar-refractivity contribution in [3.63, 3.8) is 0 Å². The third kappa shape index (κ3) is 3.20. The highest BCUT2D eigenvalue weighted by Gasteiger charge is 2.23. The van der Waals surface area contributed by atoms with Gasteiger partial charge in [-0.15, -0.1) is 0 Å². The standard InChI is InChI=1S/C13H20N4O/c1-10-5-11(7-15-6-10)8-17-4-2-3-12(9-17)13(14)16-18/h5-7,12,18H,2-4,8-9H2,1H3,(H2,14,16). The summed E-state index contributed by atoms with van der Waals surface area (Å²) in [7, 11) is 0. The number of nitrogens with zero attached hydrogens (tertiary/aromatic N) is 3. The summed E-state index contributed by atoms with van der Waals surface area (Å²) in [6.07, 6.45) is 5.84. The van der Waals surface area contributed by atoms with Crippen molar-refractivity contribution in [1.82, 2.24) is 9.88 Å². The van der Waals surface area contributed by atoms with Gasteiger partial charge >= 0.3 is 0 Å². The van der Waals surface area contributed by atoms with E-state index < -0.39 is 0 Å². The molecule has 0 bridgehead atoms. The molecule has 0 spiro atoms. The SMILES string of the molecule is Cc1cncc(CN2CCCC(/C(N)=N/O)C2)c1. The molecule has 0 aromatic carbocycles. The summed E-state index contributed by atoms with van der Waals surface area (Å²) in [5.74, 6) is 0.517. The summed E-state index contributed by atoms with van der Waals surface area (Å²) in [6, 6.07) is 2.15. The van der Waals surface area contributed by atoms with Crippen molar-refractivity contribution in [3.05, 3.63) is 29.6 Å².